The van der Waals surface area contributed by atoms with E-state index in [2.05, 4.69) is 29.1 Å². The molecule has 166 valence electrons. The molecule has 0 spiro atoms. The second-order valence-corrected chi connectivity index (χ2v) is 11.6. The van der Waals surface area contributed by atoms with Crippen molar-refractivity contribution < 1.29 is 13.2 Å². The van der Waals surface area contributed by atoms with Gasteiger partial charge in [0.2, 0.25) is 5.91 Å². The van der Waals surface area contributed by atoms with Crippen LogP contribution in [0.1, 0.15) is 45.0 Å². The lowest BCUT2D eigenvalue weighted by Gasteiger charge is -2.31. The van der Waals surface area contributed by atoms with E-state index in [1.54, 1.807) is 17.5 Å². The molecular formula is C22H28N4O3S2. The van der Waals surface area contributed by atoms with Gasteiger partial charge in [-0.15, -0.1) is 11.3 Å². The van der Waals surface area contributed by atoms with Crippen LogP contribution in [0.5, 0.6) is 0 Å². The van der Waals surface area contributed by atoms with Crippen LogP contribution in [0, 0.1) is 11.8 Å². The normalized spacial score (nSPS) is 17.3. The first-order valence-corrected chi connectivity index (χ1v) is 12.9. The van der Waals surface area contributed by atoms with Gasteiger partial charge in [0.15, 0.2) is 0 Å². The molecule has 0 unspecified atom stereocenters. The van der Waals surface area contributed by atoms with Crippen LogP contribution in [-0.2, 0) is 14.8 Å². The third-order valence-corrected chi connectivity index (χ3v) is 8.95. The maximum atomic E-state index is 13.0. The average Bonchev–Trinajstić information content (AvgIpc) is 3.43. The van der Waals surface area contributed by atoms with Gasteiger partial charge in [-0.2, -0.15) is 4.31 Å². The SMILES string of the molecule is CC(C)C[C@H](NC(=O)C1CCN(S(=O)(=O)c2cccs2)CC1)c1nc2ccccc2[nH]1. The number of sulfonamides is 1. The van der Waals surface area contributed by atoms with Crippen molar-refractivity contribution >= 4 is 38.3 Å². The zero-order valence-corrected chi connectivity index (χ0v) is 19.4. The number of carbonyl (C=O) groups excluding carboxylic acids is 1. The average molecular weight is 461 g/mol. The van der Waals surface area contributed by atoms with Crippen LogP contribution in [0.2, 0.25) is 0 Å². The van der Waals surface area contributed by atoms with E-state index in [9.17, 15) is 13.2 Å². The number of hydrogen-bond acceptors (Lipinski definition) is 5. The quantitative estimate of drug-likeness (QED) is 0.558. The lowest BCUT2D eigenvalue weighted by molar-refractivity contribution is -0.127. The van der Waals surface area contributed by atoms with Crippen molar-refractivity contribution in [2.45, 2.75) is 43.4 Å². The number of H-pyrrole nitrogens is 1. The number of amides is 1. The Morgan fingerprint density at radius 3 is 2.61 bits per heavy atom. The fourth-order valence-electron chi connectivity index (χ4n) is 4.03. The lowest BCUT2D eigenvalue weighted by Crippen LogP contribution is -2.43. The molecule has 2 N–H and O–H groups in total. The second-order valence-electron chi connectivity index (χ2n) is 8.44. The molecular weight excluding hydrogens is 432 g/mol. The molecule has 3 heterocycles. The molecule has 1 fully saturated rings. The largest absolute Gasteiger partial charge is 0.346 e. The summed E-state index contributed by atoms with van der Waals surface area (Å²) in [6.07, 6.45) is 1.81. The summed E-state index contributed by atoms with van der Waals surface area (Å²) in [5.41, 5.74) is 1.83. The Bertz CT molecular complexity index is 1100. The summed E-state index contributed by atoms with van der Waals surface area (Å²) in [6.45, 7) is 4.96. The Labute approximate surface area is 186 Å². The van der Waals surface area contributed by atoms with Crippen LogP contribution in [0.4, 0.5) is 0 Å². The van der Waals surface area contributed by atoms with Gasteiger partial charge < -0.3 is 10.3 Å². The van der Waals surface area contributed by atoms with E-state index < -0.39 is 10.0 Å². The highest BCUT2D eigenvalue weighted by Gasteiger charge is 2.33. The monoisotopic (exact) mass is 460 g/mol. The summed E-state index contributed by atoms with van der Waals surface area (Å²) in [5, 5.41) is 4.94. The van der Waals surface area contributed by atoms with Gasteiger partial charge in [0.1, 0.15) is 10.0 Å². The number of imidazole rings is 1. The molecule has 0 saturated carbocycles. The maximum Gasteiger partial charge on any atom is 0.252 e. The molecule has 9 heteroatoms. The molecule has 0 aliphatic carbocycles. The standard InChI is InChI=1S/C22H28N4O3S2/c1-15(2)14-19(21-23-17-6-3-4-7-18(17)24-21)25-22(27)16-9-11-26(12-10-16)31(28,29)20-8-5-13-30-20/h3-8,13,15-16,19H,9-12,14H2,1-2H3,(H,23,24)(H,25,27)/t19-/m0/s1. The Morgan fingerprint density at radius 2 is 1.97 bits per heavy atom. The fraction of sp³-hybridized carbons (Fsp3) is 0.455. The maximum absolute atomic E-state index is 13.0. The number of aromatic amines is 1. The van der Waals surface area contributed by atoms with E-state index in [-0.39, 0.29) is 17.9 Å². The molecule has 1 amide bonds. The Kier molecular flexibility index (Phi) is 6.45. The Balaban J connectivity index is 1.42. The van der Waals surface area contributed by atoms with Crippen molar-refractivity contribution in [2.24, 2.45) is 11.8 Å². The number of carbonyl (C=O) groups is 1. The van der Waals surface area contributed by atoms with Crippen LogP contribution < -0.4 is 5.32 Å². The van der Waals surface area contributed by atoms with Crippen LogP contribution in [0.3, 0.4) is 0 Å². The molecule has 1 aromatic carbocycles. The first-order valence-electron chi connectivity index (χ1n) is 10.6. The molecule has 1 saturated heterocycles. The summed E-state index contributed by atoms with van der Waals surface area (Å²) in [5.74, 6) is 0.922. The highest BCUT2D eigenvalue weighted by Crippen LogP contribution is 2.28. The smallest absolute Gasteiger partial charge is 0.252 e. The second kappa shape index (κ2) is 9.10. The van der Waals surface area contributed by atoms with E-state index in [0.29, 0.717) is 36.1 Å². The molecule has 1 aliphatic rings. The van der Waals surface area contributed by atoms with Gasteiger partial charge in [-0.3, -0.25) is 4.79 Å². The summed E-state index contributed by atoms with van der Waals surface area (Å²) in [4.78, 5) is 21.1. The lowest BCUT2D eigenvalue weighted by atomic mass is 9.95. The number of para-hydroxylation sites is 2. The fourth-order valence-corrected chi connectivity index (χ4v) is 6.65. The molecule has 0 radical (unpaired) electrons. The van der Waals surface area contributed by atoms with Crippen molar-refractivity contribution in [1.29, 1.82) is 0 Å². The van der Waals surface area contributed by atoms with E-state index in [0.717, 1.165) is 23.3 Å². The number of aromatic nitrogens is 2. The summed E-state index contributed by atoms with van der Waals surface area (Å²) < 4.78 is 27.3. The first-order chi connectivity index (χ1) is 14.8. The molecule has 31 heavy (non-hydrogen) atoms. The van der Waals surface area contributed by atoms with Gasteiger partial charge >= 0.3 is 0 Å². The number of nitrogens with one attached hydrogen (secondary N) is 2. The minimum absolute atomic E-state index is 0.0284. The first kappa shape index (κ1) is 22.0. The number of nitrogens with zero attached hydrogens (tertiary/aromatic N) is 2. The highest BCUT2D eigenvalue weighted by molar-refractivity contribution is 7.91. The van der Waals surface area contributed by atoms with Gasteiger partial charge in [0.25, 0.3) is 10.0 Å². The van der Waals surface area contributed by atoms with Crippen molar-refractivity contribution in [1.82, 2.24) is 19.6 Å². The Hall–Kier alpha value is -2.23. The highest BCUT2D eigenvalue weighted by atomic mass is 32.2. The van der Waals surface area contributed by atoms with Gasteiger partial charge in [-0.25, -0.2) is 13.4 Å². The number of rotatable bonds is 7. The molecule has 4 rings (SSSR count). The number of thiophene rings is 1. The van der Waals surface area contributed by atoms with Crippen molar-refractivity contribution in [2.75, 3.05) is 13.1 Å². The third-order valence-electron chi connectivity index (χ3n) is 5.68. The number of hydrogen-bond donors (Lipinski definition) is 2. The zero-order valence-electron chi connectivity index (χ0n) is 17.7. The topological polar surface area (TPSA) is 95.2 Å². The van der Waals surface area contributed by atoms with Crippen LogP contribution >= 0.6 is 11.3 Å². The predicted molar refractivity (Wildman–Crippen MR) is 122 cm³/mol. The van der Waals surface area contributed by atoms with Crippen LogP contribution in [0.15, 0.2) is 46.0 Å². The van der Waals surface area contributed by atoms with Crippen LogP contribution in [-0.4, -0.2) is 41.7 Å². The van der Waals surface area contributed by atoms with E-state index in [4.69, 9.17) is 0 Å². The zero-order chi connectivity index (χ0) is 22.0. The number of benzene rings is 1. The minimum Gasteiger partial charge on any atom is -0.346 e. The third kappa shape index (κ3) is 4.83. The molecule has 0 bridgehead atoms. The van der Waals surface area contributed by atoms with E-state index in [1.807, 2.05) is 24.3 Å². The number of piperidine rings is 1. The molecule has 1 atom stereocenters. The Morgan fingerprint density at radius 1 is 1.23 bits per heavy atom. The van der Waals surface area contributed by atoms with E-state index in [1.165, 1.54) is 15.6 Å². The molecule has 2 aromatic heterocycles. The molecule has 3 aromatic rings. The minimum atomic E-state index is -3.46. The van der Waals surface area contributed by atoms with Crippen LogP contribution in [0.25, 0.3) is 11.0 Å². The van der Waals surface area contributed by atoms with Crippen molar-refractivity contribution in [3.05, 3.63) is 47.6 Å². The number of fused-ring (bicyclic) bond motifs is 1. The van der Waals surface area contributed by atoms with Gasteiger partial charge in [-0.1, -0.05) is 32.0 Å². The van der Waals surface area contributed by atoms with Crippen molar-refractivity contribution in [3.8, 4) is 0 Å². The summed E-state index contributed by atoms with van der Waals surface area (Å²) in [6, 6.07) is 11.0. The summed E-state index contributed by atoms with van der Waals surface area (Å²) in [7, 11) is -3.46. The van der Waals surface area contributed by atoms with Gasteiger partial charge in [0, 0.05) is 19.0 Å². The van der Waals surface area contributed by atoms with Gasteiger partial charge in [0.05, 0.1) is 17.1 Å². The predicted octanol–water partition coefficient (Wildman–Crippen LogP) is 3.93. The van der Waals surface area contributed by atoms with Crippen molar-refractivity contribution in [3.63, 3.8) is 0 Å². The van der Waals surface area contributed by atoms with E-state index >= 15 is 0 Å². The molecule has 1 aliphatic heterocycles. The summed E-state index contributed by atoms with van der Waals surface area (Å²) >= 11 is 1.22. The van der Waals surface area contributed by atoms with Gasteiger partial charge in [-0.05, 0) is 48.8 Å². The molecule has 7 nitrogen and oxygen atoms in total.